The Bertz CT molecular complexity index is 763. The Morgan fingerprint density at radius 2 is 1.10 bits per heavy atom. The topological polar surface area (TPSA) is 63.6 Å². The minimum Gasteiger partial charge on any atom is -0.508 e. The average Bonchev–Trinajstić information content (AvgIpc) is 2.77. The van der Waals surface area contributed by atoms with E-state index < -0.39 is 11.6 Å². The standard InChI is InChI=1S/C26H34O4/c1-2-3-4-5-6-7-8-9-10-11-20-30-24-18-14-22(15-19-24)26(29)25(28)21-12-16-23(27)17-13-21/h12-19,27H,2-11,20H2,1H3. The van der Waals surface area contributed by atoms with Crippen LogP contribution in [0.15, 0.2) is 48.5 Å². The van der Waals surface area contributed by atoms with E-state index in [2.05, 4.69) is 6.92 Å². The van der Waals surface area contributed by atoms with E-state index in [1.165, 1.54) is 82.1 Å². The Morgan fingerprint density at radius 1 is 0.667 bits per heavy atom. The highest BCUT2D eigenvalue weighted by molar-refractivity contribution is 6.49. The molecular formula is C26H34O4. The summed E-state index contributed by atoms with van der Waals surface area (Å²) in [5.74, 6) is -0.390. The Kier molecular flexibility index (Phi) is 10.7. The van der Waals surface area contributed by atoms with Crippen molar-refractivity contribution in [1.82, 2.24) is 0 Å². The minimum absolute atomic E-state index is 0.0582. The van der Waals surface area contributed by atoms with Gasteiger partial charge in [-0.1, -0.05) is 64.7 Å². The van der Waals surface area contributed by atoms with Crippen LogP contribution in [0.25, 0.3) is 0 Å². The Hall–Kier alpha value is -2.62. The van der Waals surface area contributed by atoms with Crippen molar-refractivity contribution in [2.24, 2.45) is 0 Å². The molecule has 4 nitrogen and oxygen atoms in total. The first-order valence-electron chi connectivity index (χ1n) is 11.2. The van der Waals surface area contributed by atoms with Gasteiger partial charge in [-0.25, -0.2) is 0 Å². The van der Waals surface area contributed by atoms with E-state index in [0.29, 0.717) is 17.9 Å². The number of ketones is 2. The maximum Gasteiger partial charge on any atom is 0.233 e. The zero-order chi connectivity index (χ0) is 21.6. The van der Waals surface area contributed by atoms with Crippen LogP contribution in [0.1, 0.15) is 91.8 Å². The van der Waals surface area contributed by atoms with E-state index >= 15 is 0 Å². The molecule has 2 rings (SSSR count). The molecule has 0 unspecified atom stereocenters. The highest BCUT2D eigenvalue weighted by Gasteiger charge is 2.18. The van der Waals surface area contributed by atoms with Crippen LogP contribution in [0.5, 0.6) is 11.5 Å². The third kappa shape index (κ3) is 8.40. The van der Waals surface area contributed by atoms with Crippen LogP contribution in [-0.2, 0) is 0 Å². The quantitative estimate of drug-likeness (QED) is 0.200. The van der Waals surface area contributed by atoms with Crippen molar-refractivity contribution in [3.05, 3.63) is 59.7 Å². The lowest BCUT2D eigenvalue weighted by atomic mass is 10.0. The van der Waals surface area contributed by atoms with Crippen molar-refractivity contribution in [2.45, 2.75) is 71.1 Å². The van der Waals surface area contributed by atoms with Gasteiger partial charge in [-0.05, 0) is 55.0 Å². The lowest BCUT2D eigenvalue weighted by Gasteiger charge is -2.07. The second-order valence-electron chi connectivity index (χ2n) is 7.76. The molecule has 1 N–H and O–H groups in total. The fourth-order valence-electron chi connectivity index (χ4n) is 3.36. The fourth-order valence-corrected chi connectivity index (χ4v) is 3.36. The molecule has 0 heterocycles. The first kappa shape index (κ1) is 23.7. The molecule has 0 aromatic heterocycles. The number of unbranched alkanes of at least 4 members (excludes halogenated alkanes) is 9. The first-order chi connectivity index (χ1) is 14.6. The second-order valence-corrected chi connectivity index (χ2v) is 7.76. The summed E-state index contributed by atoms with van der Waals surface area (Å²) in [5.41, 5.74) is 0.596. The number of ether oxygens (including phenoxy) is 1. The molecule has 0 atom stereocenters. The van der Waals surface area contributed by atoms with Gasteiger partial charge in [-0.3, -0.25) is 9.59 Å². The smallest absolute Gasteiger partial charge is 0.233 e. The van der Waals surface area contributed by atoms with Gasteiger partial charge in [-0.2, -0.15) is 0 Å². The van der Waals surface area contributed by atoms with Gasteiger partial charge in [0.2, 0.25) is 11.6 Å². The molecule has 0 saturated carbocycles. The summed E-state index contributed by atoms with van der Waals surface area (Å²) in [7, 11) is 0. The summed E-state index contributed by atoms with van der Waals surface area (Å²) in [6, 6.07) is 12.4. The summed E-state index contributed by atoms with van der Waals surface area (Å²) < 4.78 is 5.75. The molecule has 2 aromatic rings. The summed E-state index contributed by atoms with van der Waals surface area (Å²) >= 11 is 0. The maximum absolute atomic E-state index is 12.3. The number of hydrogen-bond acceptors (Lipinski definition) is 4. The predicted octanol–water partition coefficient (Wildman–Crippen LogP) is 6.76. The number of carbonyl (C=O) groups is 2. The van der Waals surface area contributed by atoms with Crippen LogP contribution in [0.2, 0.25) is 0 Å². The number of hydrogen-bond donors (Lipinski definition) is 1. The molecule has 2 aromatic carbocycles. The van der Waals surface area contributed by atoms with Gasteiger partial charge in [0.15, 0.2) is 0 Å². The summed E-state index contributed by atoms with van der Waals surface area (Å²) in [6.45, 7) is 2.91. The Labute approximate surface area is 180 Å². The van der Waals surface area contributed by atoms with Crippen molar-refractivity contribution < 1.29 is 19.4 Å². The number of phenols is 1. The molecule has 4 heteroatoms. The van der Waals surface area contributed by atoms with Gasteiger partial charge in [0.05, 0.1) is 6.61 Å². The van der Waals surface area contributed by atoms with Crippen molar-refractivity contribution in [1.29, 1.82) is 0 Å². The summed E-state index contributed by atoms with van der Waals surface area (Å²) in [5, 5.41) is 9.29. The highest BCUT2D eigenvalue weighted by Crippen LogP contribution is 2.17. The van der Waals surface area contributed by atoms with E-state index in [9.17, 15) is 14.7 Å². The fraction of sp³-hybridized carbons (Fsp3) is 0.462. The van der Waals surface area contributed by atoms with Crippen LogP contribution in [-0.4, -0.2) is 23.3 Å². The van der Waals surface area contributed by atoms with Gasteiger partial charge < -0.3 is 9.84 Å². The van der Waals surface area contributed by atoms with E-state index in [4.69, 9.17) is 4.74 Å². The Balaban J connectivity index is 1.63. The molecular weight excluding hydrogens is 376 g/mol. The normalized spacial score (nSPS) is 10.7. The molecule has 0 saturated heterocycles. The monoisotopic (exact) mass is 410 g/mol. The van der Waals surface area contributed by atoms with Crippen LogP contribution in [0.4, 0.5) is 0 Å². The van der Waals surface area contributed by atoms with Gasteiger partial charge in [0.1, 0.15) is 11.5 Å². The molecule has 0 aliphatic carbocycles. The van der Waals surface area contributed by atoms with E-state index in [-0.39, 0.29) is 11.3 Å². The zero-order valence-electron chi connectivity index (χ0n) is 18.1. The Morgan fingerprint density at radius 3 is 1.60 bits per heavy atom. The predicted molar refractivity (Wildman–Crippen MR) is 121 cm³/mol. The lowest BCUT2D eigenvalue weighted by Crippen LogP contribution is -2.14. The van der Waals surface area contributed by atoms with Crippen molar-refractivity contribution in [2.75, 3.05) is 6.61 Å². The molecule has 0 fully saturated rings. The van der Waals surface area contributed by atoms with Gasteiger partial charge in [-0.15, -0.1) is 0 Å². The third-order valence-electron chi connectivity index (χ3n) is 5.22. The third-order valence-corrected chi connectivity index (χ3v) is 5.22. The number of phenolic OH excluding ortho intramolecular Hbond substituents is 1. The minimum atomic E-state index is -0.589. The van der Waals surface area contributed by atoms with E-state index in [1.807, 2.05) is 0 Å². The summed E-state index contributed by atoms with van der Waals surface area (Å²) in [6.07, 6.45) is 12.9. The molecule has 0 aliphatic rings. The van der Waals surface area contributed by atoms with Gasteiger partial charge >= 0.3 is 0 Å². The molecule has 162 valence electrons. The van der Waals surface area contributed by atoms with Crippen LogP contribution < -0.4 is 4.74 Å². The highest BCUT2D eigenvalue weighted by atomic mass is 16.5. The van der Waals surface area contributed by atoms with Crippen molar-refractivity contribution in [3.8, 4) is 11.5 Å². The molecule has 0 bridgehead atoms. The number of aromatic hydroxyl groups is 1. The van der Waals surface area contributed by atoms with E-state index in [1.54, 1.807) is 24.3 Å². The first-order valence-corrected chi connectivity index (χ1v) is 11.2. The molecule has 0 spiro atoms. The SMILES string of the molecule is CCCCCCCCCCCCOc1ccc(C(=O)C(=O)c2ccc(O)cc2)cc1. The van der Waals surface area contributed by atoms with Crippen LogP contribution in [0.3, 0.4) is 0 Å². The molecule has 30 heavy (non-hydrogen) atoms. The average molecular weight is 411 g/mol. The van der Waals surface area contributed by atoms with Crippen LogP contribution in [0, 0.1) is 0 Å². The second kappa shape index (κ2) is 13.6. The maximum atomic E-state index is 12.3. The number of Topliss-reactive ketones (excluding diaryl/α,β-unsaturated/α-hetero) is 2. The molecule has 0 amide bonds. The molecule has 0 radical (unpaired) electrons. The largest absolute Gasteiger partial charge is 0.508 e. The van der Waals surface area contributed by atoms with Crippen molar-refractivity contribution >= 4 is 11.6 Å². The van der Waals surface area contributed by atoms with E-state index in [0.717, 1.165) is 6.42 Å². The summed E-state index contributed by atoms with van der Waals surface area (Å²) in [4.78, 5) is 24.6. The number of rotatable bonds is 15. The zero-order valence-corrected chi connectivity index (χ0v) is 18.1. The number of benzene rings is 2. The van der Waals surface area contributed by atoms with Crippen LogP contribution >= 0.6 is 0 Å². The lowest BCUT2D eigenvalue weighted by molar-refractivity contribution is 0.0817. The molecule has 0 aliphatic heterocycles. The van der Waals surface area contributed by atoms with Gasteiger partial charge in [0.25, 0.3) is 0 Å². The van der Waals surface area contributed by atoms with Gasteiger partial charge in [0, 0.05) is 11.1 Å². The number of carbonyl (C=O) groups excluding carboxylic acids is 2. The van der Waals surface area contributed by atoms with Crippen molar-refractivity contribution in [3.63, 3.8) is 0 Å².